The Kier molecular flexibility index (Phi) is 2.98. The van der Waals surface area contributed by atoms with E-state index in [0.29, 0.717) is 10.9 Å². The summed E-state index contributed by atoms with van der Waals surface area (Å²) < 4.78 is 1.50. The number of hydrogen-bond acceptors (Lipinski definition) is 3. The fourth-order valence-electron chi connectivity index (χ4n) is 2.88. The molecule has 0 radical (unpaired) electrons. The van der Waals surface area contributed by atoms with Gasteiger partial charge in [0.25, 0.3) is 5.56 Å². The predicted molar refractivity (Wildman–Crippen MR) is 92.5 cm³/mol. The zero-order valence-corrected chi connectivity index (χ0v) is 12.9. The molecule has 0 aliphatic heterocycles. The van der Waals surface area contributed by atoms with Gasteiger partial charge in [-0.3, -0.25) is 4.79 Å². The Morgan fingerprint density at radius 2 is 1.87 bits per heavy atom. The molecule has 0 saturated heterocycles. The van der Waals surface area contributed by atoms with Crippen LogP contribution in [0.3, 0.4) is 0 Å². The number of aromatic nitrogens is 3. The molecule has 2 heterocycles. The predicted octanol–water partition coefficient (Wildman–Crippen LogP) is 3.46. The van der Waals surface area contributed by atoms with Crippen molar-refractivity contribution in [2.24, 2.45) is 7.05 Å². The third-order valence-corrected chi connectivity index (χ3v) is 4.04. The Balaban J connectivity index is 2.07. The molecule has 0 amide bonds. The molecule has 0 aliphatic rings. The van der Waals surface area contributed by atoms with Gasteiger partial charge in [-0.25, -0.2) is 9.97 Å². The van der Waals surface area contributed by atoms with Crippen LogP contribution in [0, 0.1) is 6.92 Å². The first-order valence-electron chi connectivity index (χ1n) is 7.45. The Morgan fingerprint density at radius 3 is 2.74 bits per heavy atom. The molecule has 23 heavy (non-hydrogen) atoms. The highest BCUT2D eigenvalue weighted by Gasteiger charge is 2.11. The average Bonchev–Trinajstić information content (AvgIpc) is 2.57. The second kappa shape index (κ2) is 5.02. The van der Waals surface area contributed by atoms with Crippen LogP contribution < -0.4 is 5.56 Å². The van der Waals surface area contributed by atoms with E-state index in [1.54, 1.807) is 13.4 Å². The van der Waals surface area contributed by atoms with Crippen LogP contribution in [0.5, 0.6) is 0 Å². The number of hydrogen-bond donors (Lipinski definition) is 0. The fraction of sp³-hybridized carbons (Fsp3) is 0.105. The van der Waals surface area contributed by atoms with E-state index in [9.17, 15) is 4.79 Å². The number of fused-ring (bicyclic) bond motifs is 2. The molecule has 0 bridgehead atoms. The second-order valence-electron chi connectivity index (χ2n) is 5.76. The quantitative estimate of drug-likeness (QED) is 0.541. The third kappa shape index (κ3) is 2.19. The van der Waals surface area contributed by atoms with Crippen molar-refractivity contribution < 1.29 is 0 Å². The Hall–Kier alpha value is -3.01. The minimum absolute atomic E-state index is 0.0410. The van der Waals surface area contributed by atoms with Crippen LogP contribution in [-0.4, -0.2) is 14.5 Å². The molecule has 0 saturated carbocycles. The number of pyridine rings is 1. The maximum atomic E-state index is 12.4. The van der Waals surface area contributed by atoms with Gasteiger partial charge in [-0.05, 0) is 36.8 Å². The van der Waals surface area contributed by atoms with Crippen LogP contribution >= 0.6 is 0 Å². The van der Waals surface area contributed by atoms with E-state index in [2.05, 4.69) is 4.98 Å². The summed E-state index contributed by atoms with van der Waals surface area (Å²) in [6, 6.07) is 15.9. The molecule has 4 heteroatoms. The first-order valence-corrected chi connectivity index (χ1v) is 7.45. The molecule has 0 spiro atoms. The molecule has 2 aromatic carbocycles. The SMILES string of the molecule is Cc1cc(-c2ccc3ccccc3n2)c2ncn(C)c(=O)c2c1. The maximum Gasteiger partial charge on any atom is 0.260 e. The van der Waals surface area contributed by atoms with Gasteiger partial charge in [-0.15, -0.1) is 0 Å². The highest BCUT2D eigenvalue weighted by Crippen LogP contribution is 2.27. The summed E-state index contributed by atoms with van der Waals surface area (Å²) in [5.41, 5.74) is 4.33. The minimum Gasteiger partial charge on any atom is -0.302 e. The van der Waals surface area contributed by atoms with Gasteiger partial charge in [-0.2, -0.15) is 0 Å². The van der Waals surface area contributed by atoms with E-state index in [1.807, 2.05) is 55.5 Å². The van der Waals surface area contributed by atoms with Crippen molar-refractivity contribution in [3.63, 3.8) is 0 Å². The van der Waals surface area contributed by atoms with Gasteiger partial charge >= 0.3 is 0 Å². The topological polar surface area (TPSA) is 47.8 Å². The molecule has 0 atom stereocenters. The van der Waals surface area contributed by atoms with Crippen LogP contribution in [0.25, 0.3) is 33.1 Å². The lowest BCUT2D eigenvalue weighted by Crippen LogP contribution is -2.17. The molecule has 112 valence electrons. The van der Waals surface area contributed by atoms with Crippen LogP contribution in [0.15, 0.2) is 59.7 Å². The third-order valence-electron chi connectivity index (χ3n) is 4.04. The van der Waals surface area contributed by atoms with Crippen molar-refractivity contribution in [2.75, 3.05) is 0 Å². The summed E-state index contributed by atoms with van der Waals surface area (Å²) in [5, 5.41) is 1.72. The molecular weight excluding hydrogens is 286 g/mol. The first-order chi connectivity index (χ1) is 11.1. The molecule has 4 nitrogen and oxygen atoms in total. The van der Waals surface area contributed by atoms with E-state index >= 15 is 0 Å². The van der Waals surface area contributed by atoms with Crippen molar-refractivity contribution in [1.82, 2.24) is 14.5 Å². The van der Waals surface area contributed by atoms with Crippen molar-refractivity contribution in [3.8, 4) is 11.3 Å². The standard InChI is InChI=1S/C19H15N3O/c1-12-9-14(18-15(10-12)19(23)22(2)11-20-18)17-8-7-13-5-3-4-6-16(13)21-17/h3-11H,1-2H3. The van der Waals surface area contributed by atoms with Crippen molar-refractivity contribution in [2.45, 2.75) is 6.92 Å². The summed E-state index contributed by atoms with van der Waals surface area (Å²) in [4.78, 5) is 21.6. The molecule has 2 aromatic heterocycles. The molecular formula is C19H15N3O. The smallest absolute Gasteiger partial charge is 0.260 e. The highest BCUT2D eigenvalue weighted by atomic mass is 16.1. The van der Waals surface area contributed by atoms with Crippen LogP contribution in [0.4, 0.5) is 0 Å². The highest BCUT2D eigenvalue weighted by molar-refractivity contribution is 5.94. The van der Waals surface area contributed by atoms with Gasteiger partial charge in [0.05, 0.1) is 28.4 Å². The average molecular weight is 301 g/mol. The van der Waals surface area contributed by atoms with E-state index < -0.39 is 0 Å². The van der Waals surface area contributed by atoms with Gasteiger partial charge in [-0.1, -0.05) is 24.3 Å². The summed E-state index contributed by atoms with van der Waals surface area (Å²) in [5.74, 6) is 0. The second-order valence-corrected chi connectivity index (χ2v) is 5.76. The van der Waals surface area contributed by atoms with E-state index in [4.69, 9.17) is 4.98 Å². The summed E-state index contributed by atoms with van der Waals surface area (Å²) in [7, 11) is 1.71. The van der Waals surface area contributed by atoms with Crippen LogP contribution in [0.2, 0.25) is 0 Å². The lowest BCUT2D eigenvalue weighted by molar-refractivity contribution is 0.843. The van der Waals surface area contributed by atoms with Gasteiger partial charge in [0.2, 0.25) is 0 Å². The zero-order valence-electron chi connectivity index (χ0n) is 12.9. The fourth-order valence-corrected chi connectivity index (χ4v) is 2.88. The summed E-state index contributed by atoms with van der Waals surface area (Å²) >= 11 is 0. The number of aryl methyl sites for hydroxylation is 2. The largest absolute Gasteiger partial charge is 0.302 e. The molecule has 0 unspecified atom stereocenters. The van der Waals surface area contributed by atoms with Crippen LogP contribution in [-0.2, 0) is 7.05 Å². The van der Waals surface area contributed by atoms with Crippen molar-refractivity contribution >= 4 is 21.8 Å². The molecule has 4 rings (SSSR count). The monoisotopic (exact) mass is 301 g/mol. The van der Waals surface area contributed by atoms with Gasteiger partial charge in [0.15, 0.2) is 0 Å². The Bertz CT molecular complexity index is 1110. The number of rotatable bonds is 1. The molecule has 0 fully saturated rings. The van der Waals surface area contributed by atoms with Gasteiger partial charge in [0, 0.05) is 18.0 Å². The summed E-state index contributed by atoms with van der Waals surface area (Å²) in [6.07, 6.45) is 1.56. The lowest BCUT2D eigenvalue weighted by atomic mass is 10.0. The lowest BCUT2D eigenvalue weighted by Gasteiger charge is -2.09. The number of benzene rings is 2. The normalized spacial score (nSPS) is 11.2. The van der Waals surface area contributed by atoms with Gasteiger partial charge < -0.3 is 4.57 Å². The maximum absolute atomic E-state index is 12.4. The van der Waals surface area contributed by atoms with Crippen molar-refractivity contribution in [3.05, 3.63) is 70.8 Å². The van der Waals surface area contributed by atoms with E-state index in [1.165, 1.54) is 4.57 Å². The molecule has 4 aromatic rings. The minimum atomic E-state index is -0.0410. The Morgan fingerprint density at radius 1 is 1.04 bits per heavy atom. The van der Waals surface area contributed by atoms with Crippen LogP contribution in [0.1, 0.15) is 5.56 Å². The first kappa shape index (κ1) is 13.6. The molecule has 0 N–H and O–H groups in total. The Labute approximate surface area is 133 Å². The zero-order chi connectivity index (χ0) is 16.0. The van der Waals surface area contributed by atoms with E-state index in [-0.39, 0.29) is 5.56 Å². The van der Waals surface area contributed by atoms with Gasteiger partial charge in [0.1, 0.15) is 0 Å². The molecule has 0 aliphatic carbocycles. The van der Waals surface area contributed by atoms with E-state index in [0.717, 1.165) is 27.7 Å². The number of para-hydroxylation sites is 1. The summed E-state index contributed by atoms with van der Waals surface area (Å²) in [6.45, 7) is 1.98. The number of nitrogens with zero attached hydrogens (tertiary/aromatic N) is 3. The van der Waals surface area contributed by atoms with Crippen molar-refractivity contribution in [1.29, 1.82) is 0 Å².